The molecule has 5 nitrogen and oxygen atoms in total. The molecule has 0 saturated heterocycles. The van der Waals surface area contributed by atoms with Gasteiger partial charge in [0.25, 0.3) is 0 Å². The molecule has 2 atom stereocenters. The molecule has 1 saturated carbocycles. The highest BCUT2D eigenvalue weighted by atomic mass is 16.4. The molecule has 1 aliphatic heterocycles. The summed E-state index contributed by atoms with van der Waals surface area (Å²) >= 11 is 0. The first-order valence-electron chi connectivity index (χ1n) is 10.9. The number of carbonyl (C=O) groups excluding carboxylic acids is 1. The number of carbonyl (C=O) groups is 2. The van der Waals surface area contributed by atoms with Crippen molar-refractivity contribution in [1.29, 1.82) is 0 Å². The van der Waals surface area contributed by atoms with Gasteiger partial charge in [-0.05, 0) is 59.4 Å². The van der Waals surface area contributed by atoms with Crippen molar-refractivity contribution in [2.24, 2.45) is 5.92 Å². The maximum atomic E-state index is 14.1. The predicted octanol–water partition coefficient (Wildman–Crippen LogP) is 4.75. The fourth-order valence-corrected chi connectivity index (χ4v) is 5.80. The first-order chi connectivity index (χ1) is 15.3. The van der Waals surface area contributed by atoms with Crippen LogP contribution in [0.2, 0.25) is 0 Å². The number of benzene rings is 3. The molecule has 0 bridgehead atoms. The maximum absolute atomic E-state index is 14.1. The van der Waals surface area contributed by atoms with Crippen molar-refractivity contribution in [2.75, 3.05) is 10.6 Å². The van der Waals surface area contributed by atoms with Gasteiger partial charge in [-0.3, -0.25) is 4.79 Å². The molecule has 32 heavy (non-hydrogen) atoms. The van der Waals surface area contributed by atoms with Crippen LogP contribution in [0, 0.1) is 5.92 Å². The standard InChI is InChI=1S/C27H26N2O3/c1-17(2)26(20-10-12-21(28)13-11-20)16-27(26)22-8-3-4-9-23(22)29(25(27)32)15-18-6-5-7-19(14-18)24(30)31/h3-14,17H,15-16,28H2,1-2H3,(H,30,31)/t26-,27-/m0/s1. The van der Waals surface area contributed by atoms with Crippen LogP contribution in [-0.4, -0.2) is 17.0 Å². The van der Waals surface area contributed by atoms with Gasteiger partial charge in [-0.15, -0.1) is 0 Å². The summed E-state index contributed by atoms with van der Waals surface area (Å²) in [6.45, 7) is 4.70. The van der Waals surface area contributed by atoms with Crippen molar-refractivity contribution < 1.29 is 14.7 Å². The Kier molecular flexibility index (Phi) is 4.41. The van der Waals surface area contributed by atoms with Crippen LogP contribution in [0.1, 0.15) is 47.3 Å². The summed E-state index contributed by atoms with van der Waals surface area (Å²) < 4.78 is 0. The smallest absolute Gasteiger partial charge is 0.335 e. The minimum Gasteiger partial charge on any atom is -0.478 e. The molecule has 2 aliphatic rings. The molecular weight excluding hydrogens is 400 g/mol. The number of carboxylic acid groups (broad SMARTS) is 1. The van der Waals surface area contributed by atoms with E-state index in [1.54, 1.807) is 18.2 Å². The summed E-state index contributed by atoms with van der Waals surface area (Å²) in [6, 6.07) is 22.8. The molecule has 0 radical (unpaired) electrons. The van der Waals surface area contributed by atoms with Crippen LogP contribution in [0.5, 0.6) is 0 Å². The summed E-state index contributed by atoms with van der Waals surface area (Å²) in [5.41, 5.74) is 9.87. The number of fused-ring (bicyclic) bond motifs is 2. The number of anilines is 2. The third kappa shape index (κ3) is 2.63. The highest BCUT2D eigenvalue weighted by Gasteiger charge is 2.77. The average molecular weight is 427 g/mol. The zero-order chi connectivity index (χ0) is 22.7. The Morgan fingerprint density at radius 1 is 1.06 bits per heavy atom. The lowest BCUT2D eigenvalue weighted by Crippen LogP contribution is -2.38. The second-order valence-electron chi connectivity index (χ2n) is 9.24. The Bertz CT molecular complexity index is 1230. The molecule has 1 fully saturated rings. The van der Waals surface area contributed by atoms with Gasteiger partial charge in [0.1, 0.15) is 0 Å². The van der Waals surface area contributed by atoms with Gasteiger partial charge in [0.15, 0.2) is 0 Å². The molecule has 0 aromatic heterocycles. The summed E-state index contributed by atoms with van der Waals surface area (Å²) in [5.74, 6) is -0.635. The van der Waals surface area contributed by atoms with Gasteiger partial charge in [0.2, 0.25) is 5.91 Å². The van der Waals surface area contributed by atoms with Crippen molar-refractivity contribution in [2.45, 2.75) is 37.6 Å². The van der Waals surface area contributed by atoms with E-state index in [-0.39, 0.29) is 22.8 Å². The number of para-hydroxylation sites is 1. The van der Waals surface area contributed by atoms with Crippen molar-refractivity contribution in [1.82, 2.24) is 0 Å². The molecule has 5 rings (SSSR count). The third-order valence-corrected chi connectivity index (χ3v) is 7.37. The summed E-state index contributed by atoms with van der Waals surface area (Å²) in [7, 11) is 0. The molecule has 3 aromatic rings. The normalized spacial score (nSPS) is 23.6. The van der Waals surface area contributed by atoms with Gasteiger partial charge in [-0.2, -0.15) is 0 Å². The SMILES string of the molecule is CC(C)[C@]1(c2ccc(N)cc2)C[C@]12C(=O)N(Cc1cccc(C(=O)O)c1)c1ccccc12. The first-order valence-corrected chi connectivity index (χ1v) is 10.9. The van der Waals surface area contributed by atoms with Gasteiger partial charge in [0, 0.05) is 16.8 Å². The molecule has 0 unspecified atom stereocenters. The lowest BCUT2D eigenvalue weighted by atomic mass is 9.75. The van der Waals surface area contributed by atoms with E-state index >= 15 is 0 Å². The second-order valence-corrected chi connectivity index (χ2v) is 9.24. The van der Waals surface area contributed by atoms with E-state index < -0.39 is 11.4 Å². The molecule has 5 heteroatoms. The fraction of sp³-hybridized carbons (Fsp3) is 0.259. The molecule has 3 aromatic carbocycles. The number of carboxylic acids is 1. The molecule has 162 valence electrons. The molecule has 1 heterocycles. The lowest BCUT2D eigenvalue weighted by molar-refractivity contribution is -0.121. The topological polar surface area (TPSA) is 83.6 Å². The van der Waals surface area contributed by atoms with Gasteiger partial charge in [-0.25, -0.2) is 4.79 Å². The Morgan fingerprint density at radius 2 is 1.78 bits per heavy atom. The van der Waals surface area contributed by atoms with Gasteiger partial charge >= 0.3 is 5.97 Å². The number of nitrogens with zero attached hydrogens (tertiary/aromatic N) is 1. The van der Waals surface area contributed by atoms with Crippen molar-refractivity contribution in [3.05, 3.63) is 95.1 Å². The van der Waals surface area contributed by atoms with E-state index in [4.69, 9.17) is 5.73 Å². The van der Waals surface area contributed by atoms with E-state index in [0.29, 0.717) is 12.2 Å². The Morgan fingerprint density at radius 3 is 2.47 bits per heavy atom. The quantitative estimate of drug-likeness (QED) is 0.577. The molecule has 1 amide bonds. The van der Waals surface area contributed by atoms with E-state index in [1.807, 2.05) is 41.3 Å². The van der Waals surface area contributed by atoms with Gasteiger partial charge in [0.05, 0.1) is 17.5 Å². The number of nitrogens with two attached hydrogens (primary N) is 1. The molecule has 1 spiro atoms. The zero-order valence-corrected chi connectivity index (χ0v) is 18.2. The zero-order valence-electron chi connectivity index (χ0n) is 18.2. The van der Waals surface area contributed by atoms with Crippen LogP contribution in [0.3, 0.4) is 0 Å². The summed E-state index contributed by atoms with van der Waals surface area (Å²) in [5, 5.41) is 9.36. The van der Waals surface area contributed by atoms with E-state index in [1.165, 1.54) is 0 Å². The maximum Gasteiger partial charge on any atom is 0.335 e. The highest BCUT2D eigenvalue weighted by Crippen LogP contribution is 2.73. The van der Waals surface area contributed by atoms with Crippen LogP contribution in [0.25, 0.3) is 0 Å². The number of hydrogen-bond donors (Lipinski definition) is 2. The Hall–Kier alpha value is -3.60. The monoisotopic (exact) mass is 426 g/mol. The van der Waals surface area contributed by atoms with Gasteiger partial charge < -0.3 is 15.7 Å². The number of aromatic carboxylic acids is 1. The molecule has 1 aliphatic carbocycles. The van der Waals surface area contributed by atoms with E-state index in [0.717, 1.165) is 28.8 Å². The number of nitrogen functional groups attached to an aromatic ring is 1. The van der Waals surface area contributed by atoms with Crippen molar-refractivity contribution >= 4 is 23.3 Å². The van der Waals surface area contributed by atoms with Crippen LogP contribution in [-0.2, 0) is 22.2 Å². The Labute approximate surface area is 187 Å². The van der Waals surface area contributed by atoms with Crippen molar-refractivity contribution in [3.8, 4) is 0 Å². The summed E-state index contributed by atoms with van der Waals surface area (Å²) in [4.78, 5) is 27.4. The highest BCUT2D eigenvalue weighted by molar-refractivity contribution is 6.12. The minimum atomic E-state index is -0.971. The van der Waals surface area contributed by atoms with Crippen LogP contribution >= 0.6 is 0 Å². The van der Waals surface area contributed by atoms with Crippen LogP contribution in [0.4, 0.5) is 11.4 Å². The Balaban J connectivity index is 1.60. The van der Waals surface area contributed by atoms with E-state index in [9.17, 15) is 14.7 Å². The summed E-state index contributed by atoms with van der Waals surface area (Å²) in [6.07, 6.45) is 0.753. The third-order valence-electron chi connectivity index (χ3n) is 7.37. The minimum absolute atomic E-state index is 0.0879. The van der Waals surface area contributed by atoms with Crippen LogP contribution in [0.15, 0.2) is 72.8 Å². The average Bonchev–Trinajstić information content (AvgIpc) is 3.45. The van der Waals surface area contributed by atoms with Crippen molar-refractivity contribution in [3.63, 3.8) is 0 Å². The first kappa shape index (κ1) is 20.3. The lowest BCUT2D eigenvalue weighted by Gasteiger charge is -2.27. The second kappa shape index (κ2) is 6.95. The fourth-order valence-electron chi connectivity index (χ4n) is 5.80. The molecular formula is C27H26N2O3. The number of amides is 1. The molecule has 3 N–H and O–H groups in total. The van der Waals surface area contributed by atoms with E-state index in [2.05, 4.69) is 32.0 Å². The van der Waals surface area contributed by atoms with Gasteiger partial charge in [-0.1, -0.05) is 56.3 Å². The number of rotatable bonds is 5. The van der Waals surface area contributed by atoms with Crippen LogP contribution < -0.4 is 10.6 Å². The number of hydrogen-bond acceptors (Lipinski definition) is 3. The predicted molar refractivity (Wildman–Crippen MR) is 125 cm³/mol. The largest absolute Gasteiger partial charge is 0.478 e.